The van der Waals surface area contributed by atoms with Crippen LogP contribution < -0.4 is 9.47 Å². The van der Waals surface area contributed by atoms with Crippen molar-refractivity contribution in [2.45, 2.75) is 31.3 Å². The van der Waals surface area contributed by atoms with E-state index in [9.17, 15) is 4.79 Å². The average Bonchev–Trinajstić information content (AvgIpc) is 3.18. The fourth-order valence-electron chi connectivity index (χ4n) is 2.66. The van der Waals surface area contributed by atoms with Gasteiger partial charge in [-0.2, -0.15) is 0 Å². The maximum atomic E-state index is 11.1. The van der Waals surface area contributed by atoms with Crippen LogP contribution in [0.2, 0.25) is 0 Å². The van der Waals surface area contributed by atoms with Crippen LogP contribution in [-0.4, -0.2) is 32.4 Å². The van der Waals surface area contributed by atoms with Crippen LogP contribution >= 0.6 is 0 Å². The quantitative estimate of drug-likeness (QED) is 0.830. The Bertz CT molecular complexity index is 505. The van der Waals surface area contributed by atoms with Crippen LogP contribution in [0.15, 0.2) is 12.1 Å². The summed E-state index contributed by atoms with van der Waals surface area (Å²) in [7, 11) is 4.81. The van der Waals surface area contributed by atoms with Gasteiger partial charge in [-0.25, -0.2) is 0 Å². The van der Waals surface area contributed by atoms with Crippen LogP contribution in [0.5, 0.6) is 11.5 Å². The van der Waals surface area contributed by atoms with Crippen molar-refractivity contribution in [3.05, 3.63) is 23.3 Å². The molecule has 0 unspecified atom stereocenters. The number of carbonyl (C=O) groups is 1. The van der Waals surface area contributed by atoms with Crippen LogP contribution in [0.3, 0.4) is 0 Å². The lowest BCUT2D eigenvalue weighted by molar-refractivity contribution is -0.137. The first-order valence-electron chi connectivity index (χ1n) is 6.52. The van der Waals surface area contributed by atoms with Gasteiger partial charge in [0.05, 0.1) is 27.2 Å². The van der Waals surface area contributed by atoms with Crippen LogP contribution in [0.1, 0.15) is 30.4 Å². The molecule has 0 atom stereocenters. The molecule has 20 heavy (non-hydrogen) atoms. The maximum absolute atomic E-state index is 11.1. The fraction of sp³-hybridized carbons (Fsp3) is 0.533. The summed E-state index contributed by atoms with van der Waals surface area (Å²) in [4.78, 5) is 11.1. The molecule has 1 saturated carbocycles. The monoisotopic (exact) mass is 280 g/mol. The number of hydrogen-bond donors (Lipinski definition) is 1. The van der Waals surface area contributed by atoms with Crippen LogP contribution in [0.25, 0.3) is 0 Å². The van der Waals surface area contributed by atoms with Crippen molar-refractivity contribution in [1.29, 1.82) is 0 Å². The molecule has 0 saturated heterocycles. The fourth-order valence-corrected chi connectivity index (χ4v) is 2.66. The minimum atomic E-state index is -0.791. The lowest BCUT2D eigenvalue weighted by Crippen LogP contribution is -2.15. The van der Waals surface area contributed by atoms with Gasteiger partial charge in [-0.3, -0.25) is 4.79 Å². The zero-order valence-corrected chi connectivity index (χ0v) is 12.1. The third-order valence-corrected chi connectivity index (χ3v) is 3.79. The standard InChI is InChI=1S/C15H20O5/c1-18-9-10-6-11(19-2)7-12(14(10)20-3)15(4-5-15)8-13(16)17/h6-7H,4-5,8-9H2,1-3H3,(H,16,17). The van der Waals surface area contributed by atoms with Crippen molar-refractivity contribution in [3.63, 3.8) is 0 Å². The smallest absolute Gasteiger partial charge is 0.304 e. The summed E-state index contributed by atoms with van der Waals surface area (Å²) >= 11 is 0. The van der Waals surface area contributed by atoms with E-state index in [2.05, 4.69) is 0 Å². The molecule has 1 aliphatic rings. The van der Waals surface area contributed by atoms with Crippen molar-refractivity contribution < 1.29 is 24.1 Å². The number of carboxylic acids is 1. The third kappa shape index (κ3) is 2.72. The molecular weight excluding hydrogens is 260 g/mol. The van der Waals surface area contributed by atoms with E-state index in [-0.39, 0.29) is 11.8 Å². The van der Waals surface area contributed by atoms with Crippen molar-refractivity contribution >= 4 is 5.97 Å². The number of aliphatic carboxylic acids is 1. The molecule has 1 aromatic rings. The van der Waals surface area contributed by atoms with Crippen molar-refractivity contribution in [2.75, 3.05) is 21.3 Å². The number of carboxylic acid groups (broad SMARTS) is 1. The number of hydrogen-bond acceptors (Lipinski definition) is 4. The Kier molecular flexibility index (Phi) is 4.18. The molecule has 5 heteroatoms. The van der Waals surface area contributed by atoms with E-state index >= 15 is 0 Å². The van der Waals surface area contributed by atoms with Gasteiger partial charge in [0.25, 0.3) is 0 Å². The summed E-state index contributed by atoms with van der Waals surface area (Å²) in [5.41, 5.74) is 1.46. The Morgan fingerprint density at radius 3 is 2.40 bits per heavy atom. The van der Waals surface area contributed by atoms with Gasteiger partial charge in [0, 0.05) is 23.7 Å². The van der Waals surface area contributed by atoms with Gasteiger partial charge in [-0.1, -0.05) is 0 Å². The Labute approximate surface area is 118 Å². The van der Waals surface area contributed by atoms with Gasteiger partial charge in [-0.05, 0) is 25.0 Å². The predicted molar refractivity (Wildman–Crippen MR) is 73.4 cm³/mol. The second-order valence-electron chi connectivity index (χ2n) is 5.15. The summed E-state index contributed by atoms with van der Waals surface area (Å²) in [6, 6.07) is 3.75. The van der Waals surface area contributed by atoms with E-state index in [1.54, 1.807) is 21.3 Å². The zero-order chi connectivity index (χ0) is 14.8. The highest BCUT2D eigenvalue weighted by Gasteiger charge is 2.48. The third-order valence-electron chi connectivity index (χ3n) is 3.79. The van der Waals surface area contributed by atoms with Crippen molar-refractivity contribution in [1.82, 2.24) is 0 Å². The molecule has 5 nitrogen and oxygen atoms in total. The van der Waals surface area contributed by atoms with E-state index < -0.39 is 5.97 Å². The van der Waals surface area contributed by atoms with Gasteiger partial charge in [0.15, 0.2) is 0 Å². The summed E-state index contributed by atoms with van der Waals surface area (Å²) in [5.74, 6) is 0.622. The summed E-state index contributed by atoms with van der Waals surface area (Å²) < 4.78 is 16.0. The molecule has 0 aromatic heterocycles. The first kappa shape index (κ1) is 14.7. The Balaban J connectivity index is 2.50. The Morgan fingerprint density at radius 1 is 1.25 bits per heavy atom. The number of methoxy groups -OCH3 is 3. The van der Waals surface area contributed by atoms with E-state index in [0.717, 1.165) is 24.0 Å². The van der Waals surface area contributed by atoms with Gasteiger partial charge in [-0.15, -0.1) is 0 Å². The molecule has 0 bridgehead atoms. The normalized spacial score (nSPS) is 15.8. The molecular formula is C15H20O5. The minimum absolute atomic E-state index is 0.114. The topological polar surface area (TPSA) is 65.0 Å². The molecule has 1 fully saturated rings. The van der Waals surface area contributed by atoms with E-state index in [4.69, 9.17) is 19.3 Å². The minimum Gasteiger partial charge on any atom is -0.497 e. The second-order valence-corrected chi connectivity index (χ2v) is 5.15. The lowest BCUT2D eigenvalue weighted by Gasteiger charge is -2.21. The Hall–Kier alpha value is -1.75. The largest absolute Gasteiger partial charge is 0.497 e. The van der Waals surface area contributed by atoms with Gasteiger partial charge in [0.1, 0.15) is 11.5 Å². The number of ether oxygens (including phenoxy) is 3. The highest BCUT2D eigenvalue weighted by molar-refractivity contribution is 5.71. The van der Waals surface area contributed by atoms with Crippen LogP contribution in [-0.2, 0) is 21.6 Å². The SMILES string of the molecule is COCc1cc(OC)cc(C2(CC(=O)O)CC2)c1OC. The van der Waals surface area contributed by atoms with E-state index in [1.165, 1.54) is 0 Å². The summed E-state index contributed by atoms with van der Waals surface area (Å²) in [5, 5.41) is 9.12. The summed E-state index contributed by atoms with van der Waals surface area (Å²) in [6.07, 6.45) is 1.83. The molecule has 0 amide bonds. The van der Waals surface area contributed by atoms with Crippen molar-refractivity contribution in [3.8, 4) is 11.5 Å². The summed E-state index contributed by atoms with van der Waals surface area (Å²) in [6.45, 7) is 0.399. The second kappa shape index (κ2) is 5.71. The highest BCUT2D eigenvalue weighted by atomic mass is 16.5. The van der Waals surface area contributed by atoms with E-state index in [1.807, 2.05) is 12.1 Å². The van der Waals surface area contributed by atoms with E-state index in [0.29, 0.717) is 18.1 Å². The number of rotatable bonds is 7. The Morgan fingerprint density at radius 2 is 1.95 bits per heavy atom. The molecule has 0 spiro atoms. The number of benzene rings is 1. The van der Waals surface area contributed by atoms with Crippen LogP contribution in [0.4, 0.5) is 0 Å². The molecule has 1 N–H and O–H groups in total. The lowest BCUT2D eigenvalue weighted by atomic mass is 9.89. The van der Waals surface area contributed by atoms with Crippen molar-refractivity contribution in [2.24, 2.45) is 0 Å². The first-order chi connectivity index (χ1) is 9.56. The van der Waals surface area contributed by atoms with Gasteiger partial charge >= 0.3 is 5.97 Å². The zero-order valence-electron chi connectivity index (χ0n) is 12.1. The maximum Gasteiger partial charge on any atom is 0.304 e. The highest BCUT2D eigenvalue weighted by Crippen LogP contribution is 2.55. The molecule has 110 valence electrons. The molecule has 0 aliphatic heterocycles. The van der Waals surface area contributed by atoms with Crippen LogP contribution in [0, 0.1) is 0 Å². The molecule has 1 aromatic carbocycles. The molecule has 0 heterocycles. The first-order valence-corrected chi connectivity index (χ1v) is 6.52. The molecule has 0 radical (unpaired) electrons. The average molecular weight is 280 g/mol. The van der Waals surface area contributed by atoms with Gasteiger partial charge in [0.2, 0.25) is 0 Å². The molecule has 1 aliphatic carbocycles. The van der Waals surface area contributed by atoms with Gasteiger partial charge < -0.3 is 19.3 Å². The predicted octanol–water partition coefficient (Wildman–Crippen LogP) is 2.36. The molecule has 2 rings (SSSR count).